The number of halogens is 1. The van der Waals surface area contributed by atoms with Crippen LogP contribution in [0.1, 0.15) is 6.92 Å². The van der Waals surface area contributed by atoms with Gasteiger partial charge in [-0.2, -0.15) is 0 Å². The lowest BCUT2D eigenvalue weighted by Gasteiger charge is -2.33. The molecule has 0 bridgehead atoms. The van der Waals surface area contributed by atoms with Crippen molar-refractivity contribution < 1.29 is 0 Å². The van der Waals surface area contributed by atoms with E-state index in [1.165, 1.54) is 32.7 Å². The van der Waals surface area contributed by atoms with Gasteiger partial charge < -0.3 is 4.90 Å². The third-order valence-corrected chi connectivity index (χ3v) is 2.88. The van der Waals surface area contributed by atoms with Crippen LogP contribution in [-0.2, 0) is 0 Å². The number of hydrogen-bond donors (Lipinski definition) is 1. The fourth-order valence-corrected chi connectivity index (χ4v) is 1.71. The topological polar surface area (TPSA) is 18.5 Å². The molecule has 3 nitrogen and oxygen atoms in total. The van der Waals surface area contributed by atoms with Crippen molar-refractivity contribution in [3.63, 3.8) is 0 Å². The average Bonchev–Trinajstić information content (AvgIpc) is 2.15. The molecular formula is C8H18IN3. The summed E-state index contributed by atoms with van der Waals surface area (Å²) in [4.78, 5) is 4.98. The fourth-order valence-electron chi connectivity index (χ4n) is 1.46. The summed E-state index contributed by atoms with van der Waals surface area (Å²) in [6, 6.07) is 0. The summed E-state index contributed by atoms with van der Waals surface area (Å²) < 4.78 is 1.05. The molecule has 0 aromatic rings. The molecule has 1 rings (SSSR count). The van der Waals surface area contributed by atoms with E-state index in [0.717, 1.165) is 11.2 Å². The molecule has 0 aromatic heterocycles. The minimum Gasteiger partial charge on any atom is -0.301 e. The van der Waals surface area contributed by atoms with Crippen molar-refractivity contribution in [2.45, 2.75) is 6.92 Å². The van der Waals surface area contributed by atoms with Gasteiger partial charge in [0.05, 0.1) is 0 Å². The van der Waals surface area contributed by atoms with Crippen LogP contribution in [0.15, 0.2) is 0 Å². The van der Waals surface area contributed by atoms with Gasteiger partial charge in [0.2, 0.25) is 0 Å². The van der Waals surface area contributed by atoms with E-state index < -0.39 is 0 Å². The van der Waals surface area contributed by atoms with Gasteiger partial charge in [-0.05, 0) is 6.54 Å². The predicted octanol–water partition coefficient (Wildman–Crippen LogP) is 0.563. The van der Waals surface area contributed by atoms with Crippen molar-refractivity contribution in [1.29, 1.82) is 0 Å². The smallest absolute Gasteiger partial charge is 0.0489 e. The Hall–Kier alpha value is 0.610. The van der Waals surface area contributed by atoms with Crippen molar-refractivity contribution in [2.75, 3.05) is 43.9 Å². The first kappa shape index (κ1) is 10.7. The fraction of sp³-hybridized carbons (Fsp3) is 1.00. The van der Waals surface area contributed by atoms with Crippen molar-refractivity contribution in [3.8, 4) is 0 Å². The van der Waals surface area contributed by atoms with Crippen LogP contribution in [0.4, 0.5) is 0 Å². The van der Waals surface area contributed by atoms with E-state index >= 15 is 0 Å². The van der Waals surface area contributed by atoms with Crippen LogP contribution in [0, 0.1) is 0 Å². The van der Waals surface area contributed by atoms with Gasteiger partial charge in [-0.15, -0.1) is 0 Å². The van der Waals surface area contributed by atoms with Crippen molar-refractivity contribution in [2.24, 2.45) is 0 Å². The molecule has 0 atom stereocenters. The van der Waals surface area contributed by atoms with Gasteiger partial charge in [0.1, 0.15) is 0 Å². The van der Waals surface area contributed by atoms with Crippen LogP contribution in [0.5, 0.6) is 0 Å². The maximum Gasteiger partial charge on any atom is 0.0489 e. The van der Waals surface area contributed by atoms with Crippen LogP contribution in [-0.4, -0.2) is 53.7 Å². The maximum absolute atomic E-state index is 3.34. The summed E-state index contributed by atoms with van der Waals surface area (Å²) in [6.45, 7) is 9.40. The zero-order valence-electron chi connectivity index (χ0n) is 7.72. The molecule has 1 N–H and O–H groups in total. The third kappa shape index (κ3) is 3.55. The summed E-state index contributed by atoms with van der Waals surface area (Å²) in [7, 11) is 0. The highest BCUT2D eigenvalue weighted by Gasteiger charge is 2.13. The first-order valence-electron chi connectivity index (χ1n) is 4.58. The van der Waals surface area contributed by atoms with Crippen LogP contribution in [0.25, 0.3) is 0 Å². The van der Waals surface area contributed by atoms with Crippen molar-refractivity contribution >= 4 is 22.6 Å². The number of hydrogen-bond acceptors (Lipinski definition) is 3. The number of likely N-dealkylation sites (N-methyl/N-ethyl adjacent to an activating group) is 1. The summed E-state index contributed by atoms with van der Waals surface area (Å²) >= 11 is 2.35. The average molecular weight is 283 g/mol. The molecule has 1 aliphatic rings. The SMILES string of the molecule is CCN1CCN(CNCI)CC1. The highest BCUT2D eigenvalue weighted by molar-refractivity contribution is 14.1. The summed E-state index contributed by atoms with van der Waals surface area (Å²) in [5.41, 5.74) is 0. The Morgan fingerprint density at radius 1 is 1.17 bits per heavy atom. The van der Waals surface area contributed by atoms with E-state index in [4.69, 9.17) is 0 Å². The Balaban J connectivity index is 2.09. The van der Waals surface area contributed by atoms with E-state index in [-0.39, 0.29) is 0 Å². The molecule has 0 radical (unpaired) electrons. The maximum atomic E-state index is 3.34. The lowest BCUT2D eigenvalue weighted by Crippen LogP contribution is -2.48. The number of nitrogens with one attached hydrogen (secondary N) is 1. The number of nitrogens with zero attached hydrogens (tertiary/aromatic N) is 2. The lowest BCUT2D eigenvalue weighted by atomic mass is 10.3. The quantitative estimate of drug-likeness (QED) is 0.462. The molecule has 72 valence electrons. The number of rotatable bonds is 4. The Morgan fingerprint density at radius 3 is 2.25 bits per heavy atom. The Bertz CT molecular complexity index is 113. The first-order valence-corrected chi connectivity index (χ1v) is 6.10. The normalized spacial score (nSPS) is 21.5. The standard InChI is InChI=1S/C8H18IN3/c1-2-11-3-5-12(6-4-11)8-10-7-9/h10H,2-8H2,1H3. The van der Waals surface area contributed by atoms with Gasteiger partial charge in [0, 0.05) is 37.4 Å². The summed E-state index contributed by atoms with van der Waals surface area (Å²) in [6.07, 6.45) is 0. The zero-order valence-corrected chi connectivity index (χ0v) is 9.88. The monoisotopic (exact) mass is 283 g/mol. The Kier molecular flexibility index (Phi) is 5.45. The second kappa shape index (κ2) is 6.12. The van der Waals surface area contributed by atoms with E-state index in [1.807, 2.05) is 0 Å². The van der Waals surface area contributed by atoms with E-state index in [1.54, 1.807) is 0 Å². The molecular weight excluding hydrogens is 265 g/mol. The van der Waals surface area contributed by atoms with Crippen molar-refractivity contribution in [3.05, 3.63) is 0 Å². The van der Waals surface area contributed by atoms with E-state index in [2.05, 4.69) is 44.6 Å². The van der Waals surface area contributed by atoms with Gasteiger partial charge in [0.25, 0.3) is 0 Å². The molecule has 12 heavy (non-hydrogen) atoms. The Labute approximate surface area is 88.6 Å². The van der Waals surface area contributed by atoms with Gasteiger partial charge in [-0.3, -0.25) is 10.2 Å². The van der Waals surface area contributed by atoms with Gasteiger partial charge in [-0.25, -0.2) is 0 Å². The molecule has 1 saturated heterocycles. The van der Waals surface area contributed by atoms with Gasteiger partial charge >= 0.3 is 0 Å². The molecule has 1 aliphatic heterocycles. The van der Waals surface area contributed by atoms with Crippen LogP contribution in [0.2, 0.25) is 0 Å². The number of piperazine rings is 1. The molecule has 0 unspecified atom stereocenters. The summed E-state index contributed by atoms with van der Waals surface area (Å²) in [5.74, 6) is 0. The molecule has 0 aromatic carbocycles. The van der Waals surface area contributed by atoms with E-state index in [9.17, 15) is 0 Å². The highest BCUT2D eigenvalue weighted by atomic mass is 127. The third-order valence-electron chi connectivity index (χ3n) is 2.34. The van der Waals surface area contributed by atoms with Gasteiger partial charge in [-0.1, -0.05) is 29.5 Å². The molecule has 0 amide bonds. The lowest BCUT2D eigenvalue weighted by molar-refractivity contribution is 0.132. The predicted molar refractivity (Wildman–Crippen MR) is 60.6 cm³/mol. The molecule has 1 heterocycles. The molecule has 0 spiro atoms. The second-order valence-electron chi connectivity index (χ2n) is 3.09. The van der Waals surface area contributed by atoms with Crippen LogP contribution < -0.4 is 5.32 Å². The summed E-state index contributed by atoms with van der Waals surface area (Å²) in [5, 5.41) is 3.34. The second-order valence-corrected chi connectivity index (χ2v) is 3.86. The Morgan fingerprint density at radius 2 is 1.75 bits per heavy atom. The molecule has 4 heteroatoms. The molecule has 0 aliphatic carbocycles. The minimum atomic E-state index is 1.05. The van der Waals surface area contributed by atoms with Crippen molar-refractivity contribution in [1.82, 2.24) is 15.1 Å². The highest BCUT2D eigenvalue weighted by Crippen LogP contribution is 1.99. The number of alkyl halides is 1. The van der Waals surface area contributed by atoms with Gasteiger partial charge in [0.15, 0.2) is 0 Å². The largest absolute Gasteiger partial charge is 0.301 e. The molecule has 0 saturated carbocycles. The zero-order chi connectivity index (χ0) is 8.81. The van der Waals surface area contributed by atoms with Crippen LogP contribution >= 0.6 is 22.6 Å². The van der Waals surface area contributed by atoms with E-state index in [0.29, 0.717) is 0 Å². The first-order chi connectivity index (χ1) is 5.86. The minimum absolute atomic E-state index is 1.05. The molecule has 1 fully saturated rings. The van der Waals surface area contributed by atoms with Crippen LogP contribution in [0.3, 0.4) is 0 Å².